The second-order valence-electron chi connectivity index (χ2n) is 10.1. The predicted molar refractivity (Wildman–Crippen MR) is 193 cm³/mol. The number of nitrogen functional groups attached to an aromatic ring is 1. The highest BCUT2D eigenvalue weighted by Crippen LogP contribution is 2.28. The van der Waals surface area contributed by atoms with Crippen molar-refractivity contribution in [1.82, 2.24) is 20.2 Å². The molecule has 46 heavy (non-hydrogen) atoms. The lowest BCUT2D eigenvalue weighted by Gasteiger charge is -2.21. The Morgan fingerprint density at radius 2 is 1.74 bits per heavy atom. The number of hydrogen-bond acceptors (Lipinski definition) is 7. The van der Waals surface area contributed by atoms with Gasteiger partial charge in [-0.2, -0.15) is 0 Å². The normalized spacial score (nSPS) is 10.5. The molecule has 2 amide bonds. The zero-order valence-corrected chi connectivity index (χ0v) is 29.6. The lowest BCUT2D eigenvalue weighted by molar-refractivity contribution is -0.114. The number of carbonyl (C=O) groups excluding carboxylic acids is 2. The number of ether oxygens (including phenoxy) is 1. The fourth-order valence-corrected chi connectivity index (χ4v) is 4.74. The van der Waals surface area contributed by atoms with E-state index in [-0.39, 0.29) is 17.4 Å². The summed E-state index contributed by atoms with van der Waals surface area (Å²) in [6, 6.07) is 12.5. The SMILES string of the molecule is C/C=C/C(=O)N(CC)c1ccccc1C.CCCc1cc(=O)[nH]c(=S)[nH]1.CCN(CC)CCNC(=O)c1cc(Cl)c(N)cc1OC. The molecule has 0 unspecified atom stereocenters. The summed E-state index contributed by atoms with van der Waals surface area (Å²) in [7, 11) is 1.50. The van der Waals surface area contributed by atoms with Crippen molar-refractivity contribution in [1.29, 1.82) is 0 Å². The first-order valence-corrected chi connectivity index (χ1v) is 16.2. The number of aryl methyl sites for hydroxylation is 2. The van der Waals surface area contributed by atoms with E-state index in [4.69, 9.17) is 34.3 Å². The number of aromatic amines is 2. The van der Waals surface area contributed by atoms with Crippen molar-refractivity contribution in [2.24, 2.45) is 0 Å². The largest absolute Gasteiger partial charge is 0.496 e. The lowest BCUT2D eigenvalue weighted by atomic mass is 10.1. The van der Waals surface area contributed by atoms with E-state index in [0.29, 0.717) is 39.9 Å². The Kier molecular flexibility index (Phi) is 19.0. The maximum Gasteiger partial charge on any atom is 0.255 e. The number of rotatable bonds is 12. The number of nitrogens with zero attached hydrogens (tertiary/aromatic N) is 2. The van der Waals surface area contributed by atoms with E-state index in [9.17, 15) is 14.4 Å². The van der Waals surface area contributed by atoms with Crippen molar-refractivity contribution in [3.8, 4) is 5.75 Å². The average Bonchev–Trinajstić information content (AvgIpc) is 3.02. The lowest BCUT2D eigenvalue weighted by Crippen LogP contribution is -2.34. The Bertz CT molecular complexity index is 1510. The number of carbonyl (C=O) groups is 2. The van der Waals surface area contributed by atoms with Crippen molar-refractivity contribution < 1.29 is 14.3 Å². The van der Waals surface area contributed by atoms with Gasteiger partial charge in [0.15, 0.2) is 4.77 Å². The molecule has 0 fully saturated rings. The van der Waals surface area contributed by atoms with Gasteiger partial charge in [-0.1, -0.05) is 63.1 Å². The first-order chi connectivity index (χ1) is 21.9. The van der Waals surface area contributed by atoms with Crippen LogP contribution in [0.25, 0.3) is 0 Å². The number of hydrogen-bond donors (Lipinski definition) is 4. The van der Waals surface area contributed by atoms with Crippen LogP contribution < -0.4 is 26.2 Å². The third-order valence-electron chi connectivity index (χ3n) is 6.80. The van der Waals surface area contributed by atoms with Crippen LogP contribution in [0.5, 0.6) is 5.75 Å². The molecule has 0 aliphatic rings. The van der Waals surface area contributed by atoms with Gasteiger partial charge >= 0.3 is 0 Å². The van der Waals surface area contributed by atoms with Gasteiger partial charge in [-0.3, -0.25) is 19.4 Å². The van der Waals surface area contributed by atoms with Gasteiger partial charge in [-0.15, -0.1) is 0 Å². The Morgan fingerprint density at radius 3 is 2.28 bits per heavy atom. The highest BCUT2D eigenvalue weighted by molar-refractivity contribution is 7.71. The molecule has 0 saturated heterocycles. The molecule has 2 aromatic carbocycles. The molecule has 3 aromatic rings. The number of halogens is 1. The topological polar surface area (TPSA) is 137 Å². The van der Waals surface area contributed by atoms with E-state index in [1.54, 1.807) is 29.2 Å². The molecule has 0 aliphatic heterocycles. The second kappa shape index (κ2) is 21.7. The number of H-pyrrole nitrogens is 2. The standard InChI is InChI=1S/C14H22ClN3O2.C13H17NO.C7H10N2OS/c1-4-18(5-2)7-6-17-14(19)10-8-11(15)12(16)9-13(10)20-3;1-4-8-13(15)14(5-2)12-10-7-6-9-11(12)3;1-2-3-5-4-6(10)9-7(11)8-5/h8-9H,4-7,16H2,1-3H3,(H,17,19);4,6-10H,5H2,1-3H3;4H,2-3H2,1H3,(H2,8,9,10,11)/b;8-4+;. The van der Waals surface area contributed by atoms with Crippen LogP contribution in [-0.2, 0) is 11.2 Å². The first kappa shape index (κ1) is 40.1. The summed E-state index contributed by atoms with van der Waals surface area (Å²) in [5, 5.41) is 3.21. The minimum atomic E-state index is -0.212. The average molecular weight is 673 g/mol. The number of likely N-dealkylation sites (N-methyl/N-ethyl adjacent to an activating group) is 2. The molecule has 0 aliphatic carbocycles. The molecule has 12 heteroatoms. The molecule has 1 aromatic heterocycles. The third-order valence-corrected chi connectivity index (χ3v) is 7.34. The van der Waals surface area contributed by atoms with Crippen LogP contribution in [0.15, 0.2) is 59.4 Å². The fraction of sp³-hybridized carbons (Fsp3) is 0.412. The Morgan fingerprint density at radius 1 is 1.07 bits per heavy atom. The third kappa shape index (κ3) is 13.6. The Labute approximate surface area is 283 Å². The fourth-order valence-electron chi connectivity index (χ4n) is 4.35. The van der Waals surface area contributed by atoms with Crippen LogP contribution in [0.3, 0.4) is 0 Å². The monoisotopic (exact) mass is 672 g/mol. The van der Waals surface area contributed by atoms with Gasteiger partial charge in [0.1, 0.15) is 5.75 Å². The molecule has 3 rings (SSSR count). The smallest absolute Gasteiger partial charge is 0.255 e. The summed E-state index contributed by atoms with van der Waals surface area (Å²) in [5.41, 5.74) is 9.37. The maximum absolute atomic E-state index is 12.1. The highest BCUT2D eigenvalue weighted by atomic mass is 35.5. The minimum Gasteiger partial charge on any atom is -0.496 e. The summed E-state index contributed by atoms with van der Waals surface area (Å²) in [4.78, 5) is 44.1. The second-order valence-corrected chi connectivity index (χ2v) is 10.9. The number of aromatic nitrogens is 2. The molecule has 252 valence electrons. The highest BCUT2D eigenvalue weighted by Gasteiger charge is 2.15. The maximum atomic E-state index is 12.1. The molecule has 1 heterocycles. The Hall–Kier alpha value is -3.93. The number of methoxy groups -OCH3 is 1. The van der Waals surface area contributed by atoms with E-state index < -0.39 is 0 Å². The summed E-state index contributed by atoms with van der Waals surface area (Å²) in [6.45, 7) is 16.1. The molecular weight excluding hydrogens is 624 g/mol. The predicted octanol–water partition coefficient (Wildman–Crippen LogP) is 6.31. The van der Waals surface area contributed by atoms with Gasteiger partial charge in [0, 0.05) is 43.1 Å². The van der Waals surface area contributed by atoms with Crippen LogP contribution in [0, 0.1) is 11.7 Å². The molecule has 10 nitrogen and oxygen atoms in total. The molecule has 0 atom stereocenters. The molecule has 0 spiro atoms. The van der Waals surface area contributed by atoms with Crippen molar-refractivity contribution in [2.45, 2.75) is 54.4 Å². The zero-order valence-electron chi connectivity index (χ0n) is 28.0. The molecular formula is C34H49ClN6O4S. The van der Waals surface area contributed by atoms with E-state index in [2.05, 4.69) is 41.0 Å². The number of anilines is 2. The van der Waals surface area contributed by atoms with E-state index in [1.165, 1.54) is 13.2 Å². The quantitative estimate of drug-likeness (QED) is 0.101. The number of benzene rings is 2. The van der Waals surface area contributed by atoms with Gasteiger partial charge in [0.2, 0.25) is 0 Å². The van der Waals surface area contributed by atoms with Crippen LogP contribution in [-0.4, -0.2) is 66.5 Å². The van der Waals surface area contributed by atoms with Crippen LogP contribution in [0.2, 0.25) is 5.02 Å². The van der Waals surface area contributed by atoms with Crippen molar-refractivity contribution in [2.75, 3.05) is 50.5 Å². The van der Waals surface area contributed by atoms with Gasteiger partial charge in [0.25, 0.3) is 17.4 Å². The van der Waals surface area contributed by atoms with E-state index in [1.807, 2.05) is 45.0 Å². The van der Waals surface area contributed by atoms with E-state index >= 15 is 0 Å². The zero-order chi connectivity index (χ0) is 34.6. The molecule has 0 bridgehead atoms. The summed E-state index contributed by atoms with van der Waals surface area (Å²) < 4.78 is 5.57. The van der Waals surface area contributed by atoms with Gasteiger partial charge in [-0.25, -0.2) is 0 Å². The number of para-hydroxylation sites is 1. The van der Waals surface area contributed by atoms with Crippen LogP contribution in [0.4, 0.5) is 11.4 Å². The van der Waals surface area contributed by atoms with Crippen molar-refractivity contribution in [3.63, 3.8) is 0 Å². The molecule has 0 saturated carbocycles. The van der Waals surface area contributed by atoms with Crippen molar-refractivity contribution in [3.05, 3.63) is 91.6 Å². The number of amides is 2. The minimum absolute atomic E-state index is 0.0364. The summed E-state index contributed by atoms with van der Waals surface area (Å²) in [5.74, 6) is 0.248. The van der Waals surface area contributed by atoms with E-state index in [0.717, 1.165) is 49.4 Å². The molecule has 0 radical (unpaired) electrons. The number of allylic oxidation sites excluding steroid dienone is 1. The summed E-state index contributed by atoms with van der Waals surface area (Å²) in [6.07, 6.45) is 5.24. The summed E-state index contributed by atoms with van der Waals surface area (Å²) >= 11 is 10.7. The van der Waals surface area contributed by atoms with Gasteiger partial charge in [0.05, 0.1) is 23.4 Å². The number of nitrogens with one attached hydrogen (secondary N) is 3. The van der Waals surface area contributed by atoms with Crippen molar-refractivity contribution >= 4 is 47.0 Å². The van der Waals surface area contributed by atoms with Crippen LogP contribution >= 0.6 is 23.8 Å². The van der Waals surface area contributed by atoms with Gasteiger partial charge < -0.3 is 30.6 Å². The Balaban J connectivity index is 0.000000360. The van der Waals surface area contributed by atoms with Gasteiger partial charge in [-0.05, 0) is 76.3 Å². The van der Waals surface area contributed by atoms with Crippen LogP contribution in [0.1, 0.15) is 62.7 Å². The molecule has 5 N–H and O–H groups in total. The number of nitrogens with two attached hydrogens (primary N) is 1. The first-order valence-electron chi connectivity index (χ1n) is 15.4.